The second-order valence-electron chi connectivity index (χ2n) is 7.78. The van der Waals surface area contributed by atoms with Gasteiger partial charge in [-0.05, 0) is 56.6 Å². The summed E-state index contributed by atoms with van der Waals surface area (Å²) in [5, 5.41) is 2.35. The molecule has 2 aliphatic rings. The average molecular weight is 386 g/mol. The highest BCUT2D eigenvalue weighted by atomic mass is 16.2. The van der Waals surface area contributed by atoms with E-state index < -0.39 is 6.04 Å². The predicted octanol–water partition coefficient (Wildman–Crippen LogP) is 1.40. The van der Waals surface area contributed by atoms with Crippen LogP contribution >= 0.6 is 0 Å². The fourth-order valence-electron chi connectivity index (χ4n) is 4.05. The Kier molecular flexibility index (Phi) is 6.80. The topological polar surface area (TPSA) is 95.7 Å². The molecule has 7 heteroatoms. The van der Waals surface area contributed by atoms with E-state index in [9.17, 15) is 14.4 Å². The van der Waals surface area contributed by atoms with Crippen LogP contribution in [0.1, 0.15) is 60.0 Å². The number of imide groups is 1. The molecule has 152 valence electrons. The first-order valence-corrected chi connectivity index (χ1v) is 10.1. The van der Waals surface area contributed by atoms with Gasteiger partial charge in [-0.3, -0.25) is 19.7 Å². The molecule has 1 fully saturated rings. The number of carbonyl (C=O) groups is 3. The lowest BCUT2D eigenvalue weighted by Gasteiger charge is -2.29. The molecule has 0 spiro atoms. The molecule has 0 bridgehead atoms. The van der Waals surface area contributed by atoms with Gasteiger partial charge >= 0.3 is 0 Å². The van der Waals surface area contributed by atoms with E-state index in [0.29, 0.717) is 18.5 Å². The third-order valence-electron chi connectivity index (χ3n) is 5.61. The zero-order valence-corrected chi connectivity index (χ0v) is 16.6. The van der Waals surface area contributed by atoms with Gasteiger partial charge in [0.15, 0.2) is 0 Å². The molecule has 1 aromatic carbocycles. The van der Waals surface area contributed by atoms with Crippen LogP contribution in [0.25, 0.3) is 0 Å². The molecule has 1 unspecified atom stereocenters. The maximum Gasteiger partial charge on any atom is 0.255 e. The van der Waals surface area contributed by atoms with Crippen molar-refractivity contribution in [2.24, 2.45) is 5.73 Å². The van der Waals surface area contributed by atoms with Crippen LogP contribution in [-0.2, 0) is 22.7 Å². The highest BCUT2D eigenvalue weighted by Crippen LogP contribution is 2.30. The maximum atomic E-state index is 12.9. The van der Waals surface area contributed by atoms with Crippen molar-refractivity contribution in [3.63, 3.8) is 0 Å². The molecule has 1 saturated heterocycles. The second kappa shape index (κ2) is 9.30. The molecule has 1 atom stereocenters. The van der Waals surface area contributed by atoms with Gasteiger partial charge in [-0.1, -0.05) is 25.0 Å². The SMILES string of the molecule is CN(CCCCCCN)Cc1cccc2c1CN(C1CCC(=O)NC1=O)C2=O. The highest BCUT2D eigenvalue weighted by molar-refractivity contribution is 6.05. The van der Waals surface area contributed by atoms with E-state index in [1.807, 2.05) is 12.1 Å². The van der Waals surface area contributed by atoms with Crippen LogP contribution in [0.15, 0.2) is 18.2 Å². The summed E-state index contributed by atoms with van der Waals surface area (Å²) in [6.07, 6.45) is 5.22. The lowest BCUT2D eigenvalue weighted by Crippen LogP contribution is -2.52. The number of rotatable bonds is 9. The molecule has 0 radical (unpaired) electrons. The minimum atomic E-state index is -0.564. The molecule has 3 N–H and O–H groups in total. The van der Waals surface area contributed by atoms with Crippen molar-refractivity contribution in [3.05, 3.63) is 34.9 Å². The molecule has 7 nitrogen and oxygen atoms in total. The predicted molar refractivity (Wildman–Crippen MR) is 106 cm³/mol. The maximum absolute atomic E-state index is 12.9. The Bertz CT molecular complexity index is 749. The number of amides is 3. The van der Waals surface area contributed by atoms with E-state index in [1.54, 1.807) is 4.90 Å². The molecule has 0 saturated carbocycles. The van der Waals surface area contributed by atoms with Gasteiger partial charge in [0.05, 0.1) is 0 Å². The van der Waals surface area contributed by atoms with Crippen LogP contribution in [-0.4, -0.2) is 53.7 Å². The molecule has 28 heavy (non-hydrogen) atoms. The Morgan fingerprint density at radius 2 is 1.96 bits per heavy atom. The summed E-state index contributed by atoms with van der Waals surface area (Å²) in [7, 11) is 2.09. The van der Waals surface area contributed by atoms with Gasteiger partial charge in [0.1, 0.15) is 6.04 Å². The minimum Gasteiger partial charge on any atom is -0.330 e. The van der Waals surface area contributed by atoms with E-state index in [-0.39, 0.29) is 24.1 Å². The normalized spacial score (nSPS) is 19.3. The van der Waals surface area contributed by atoms with Crippen molar-refractivity contribution in [2.45, 2.75) is 57.7 Å². The summed E-state index contributed by atoms with van der Waals surface area (Å²) in [5.41, 5.74) is 8.35. The van der Waals surface area contributed by atoms with Crippen molar-refractivity contribution >= 4 is 17.7 Å². The quantitative estimate of drug-likeness (QED) is 0.494. The van der Waals surface area contributed by atoms with Gasteiger partial charge < -0.3 is 15.5 Å². The van der Waals surface area contributed by atoms with Crippen LogP contribution in [0.3, 0.4) is 0 Å². The molecule has 3 rings (SSSR count). The Morgan fingerprint density at radius 3 is 2.71 bits per heavy atom. The molecule has 0 aliphatic carbocycles. The Balaban J connectivity index is 1.63. The van der Waals surface area contributed by atoms with Gasteiger partial charge in [0.2, 0.25) is 11.8 Å². The minimum absolute atomic E-state index is 0.115. The van der Waals surface area contributed by atoms with Crippen LogP contribution in [0.4, 0.5) is 0 Å². The molecule has 3 amide bonds. The number of piperidine rings is 1. The Hall–Kier alpha value is -2.25. The average Bonchev–Trinajstić information content (AvgIpc) is 2.99. The molecular weight excluding hydrogens is 356 g/mol. The Morgan fingerprint density at radius 1 is 1.18 bits per heavy atom. The summed E-state index contributed by atoms with van der Waals surface area (Å²) < 4.78 is 0. The summed E-state index contributed by atoms with van der Waals surface area (Å²) in [6, 6.07) is 5.24. The third kappa shape index (κ3) is 4.59. The first kappa shape index (κ1) is 20.5. The van der Waals surface area contributed by atoms with Crippen molar-refractivity contribution in [1.82, 2.24) is 15.1 Å². The number of nitrogens with zero attached hydrogens (tertiary/aromatic N) is 2. The lowest BCUT2D eigenvalue weighted by molar-refractivity contribution is -0.136. The van der Waals surface area contributed by atoms with Crippen LogP contribution in [0, 0.1) is 0 Å². The van der Waals surface area contributed by atoms with Gasteiger partial charge in [-0.15, -0.1) is 0 Å². The van der Waals surface area contributed by atoms with E-state index in [2.05, 4.69) is 23.3 Å². The number of hydrogen-bond donors (Lipinski definition) is 2. The second-order valence-corrected chi connectivity index (χ2v) is 7.78. The number of unbranched alkanes of at least 4 members (excludes halogenated alkanes) is 3. The zero-order valence-electron chi connectivity index (χ0n) is 16.6. The summed E-state index contributed by atoms with van der Waals surface area (Å²) in [5.74, 6) is -0.747. The number of benzene rings is 1. The fourth-order valence-corrected chi connectivity index (χ4v) is 4.05. The first-order chi connectivity index (χ1) is 13.5. The molecule has 2 heterocycles. The summed E-state index contributed by atoms with van der Waals surface area (Å²) >= 11 is 0. The van der Waals surface area contributed by atoms with E-state index in [1.165, 1.54) is 12.8 Å². The van der Waals surface area contributed by atoms with E-state index >= 15 is 0 Å². The van der Waals surface area contributed by atoms with Crippen LogP contribution in [0.2, 0.25) is 0 Å². The van der Waals surface area contributed by atoms with Crippen molar-refractivity contribution in [1.29, 1.82) is 0 Å². The van der Waals surface area contributed by atoms with Crippen molar-refractivity contribution in [2.75, 3.05) is 20.1 Å². The lowest BCUT2D eigenvalue weighted by atomic mass is 10.0. The van der Waals surface area contributed by atoms with E-state index in [4.69, 9.17) is 5.73 Å². The number of nitrogens with one attached hydrogen (secondary N) is 1. The largest absolute Gasteiger partial charge is 0.330 e. The summed E-state index contributed by atoms with van der Waals surface area (Å²) in [4.78, 5) is 40.4. The highest BCUT2D eigenvalue weighted by Gasteiger charge is 2.39. The smallest absolute Gasteiger partial charge is 0.255 e. The monoisotopic (exact) mass is 386 g/mol. The zero-order chi connectivity index (χ0) is 20.1. The van der Waals surface area contributed by atoms with Gasteiger partial charge in [-0.2, -0.15) is 0 Å². The van der Waals surface area contributed by atoms with Crippen LogP contribution in [0.5, 0.6) is 0 Å². The number of hydrogen-bond acceptors (Lipinski definition) is 5. The molecule has 2 aliphatic heterocycles. The molecular formula is C21H30N4O3. The number of fused-ring (bicyclic) bond motifs is 1. The molecule has 0 aromatic heterocycles. The van der Waals surface area contributed by atoms with Gasteiger partial charge in [0.25, 0.3) is 5.91 Å². The first-order valence-electron chi connectivity index (χ1n) is 10.1. The van der Waals surface area contributed by atoms with Gasteiger partial charge in [0, 0.05) is 25.1 Å². The number of nitrogens with two attached hydrogens (primary N) is 1. The number of carbonyl (C=O) groups excluding carboxylic acids is 3. The van der Waals surface area contributed by atoms with Crippen molar-refractivity contribution in [3.8, 4) is 0 Å². The van der Waals surface area contributed by atoms with E-state index in [0.717, 1.165) is 43.6 Å². The van der Waals surface area contributed by atoms with Crippen LogP contribution < -0.4 is 11.1 Å². The van der Waals surface area contributed by atoms with Gasteiger partial charge in [-0.25, -0.2) is 0 Å². The Labute approximate surface area is 166 Å². The molecule has 1 aromatic rings. The fraction of sp³-hybridized carbons (Fsp3) is 0.571. The van der Waals surface area contributed by atoms with Crippen molar-refractivity contribution < 1.29 is 14.4 Å². The standard InChI is InChI=1S/C21H30N4O3/c1-24(12-5-3-2-4-11-22)13-15-7-6-8-16-17(15)14-25(21(16)28)18-9-10-19(26)23-20(18)27/h6-8,18H,2-5,9-14,22H2,1H3,(H,23,26,27). The third-order valence-corrected chi connectivity index (χ3v) is 5.61. The summed E-state index contributed by atoms with van der Waals surface area (Å²) in [6.45, 7) is 2.96.